The zero-order valence-corrected chi connectivity index (χ0v) is 10.5. The van der Waals surface area contributed by atoms with Gasteiger partial charge in [0.25, 0.3) is 0 Å². The Morgan fingerprint density at radius 1 is 1.35 bits per heavy atom. The van der Waals surface area contributed by atoms with E-state index in [0.717, 1.165) is 12.1 Å². The molecule has 1 heterocycles. The van der Waals surface area contributed by atoms with E-state index in [4.69, 9.17) is 0 Å². The van der Waals surface area contributed by atoms with Gasteiger partial charge >= 0.3 is 0 Å². The lowest BCUT2D eigenvalue weighted by Gasteiger charge is -2.03. The molecule has 2 aromatic rings. The predicted octanol–water partition coefficient (Wildman–Crippen LogP) is 2.03. The molecule has 0 spiro atoms. The molecular weight excluding hydrogens is 294 g/mol. The second-order valence-electron chi connectivity index (χ2n) is 3.40. The summed E-state index contributed by atoms with van der Waals surface area (Å²) in [7, 11) is 1.76. The van der Waals surface area contributed by atoms with Crippen molar-refractivity contribution in [2.75, 3.05) is 7.05 Å². The van der Waals surface area contributed by atoms with Gasteiger partial charge in [-0.2, -0.15) is 0 Å². The molecule has 0 radical (unpaired) electrons. The number of halogens is 3. The molecule has 1 aromatic heterocycles. The molecule has 0 amide bonds. The largest absolute Gasteiger partial charge is 0.314 e. The van der Waals surface area contributed by atoms with E-state index in [0.29, 0.717) is 12.2 Å². The summed E-state index contributed by atoms with van der Waals surface area (Å²) in [4.78, 5) is 0. The van der Waals surface area contributed by atoms with Gasteiger partial charge in [-0.25, -0.2) is 13.5 Å². The van der Waals surface area contributed by atoms with Gasteiger partial charge in [-0.1, -0.05) is 5.21 Å². The number of benzene rings is 1. The number of nitrogens with one attached hydrogen (secondary N) is 1. The van der Waals surface area contributed by atoms with Crippen molar-refractivity contribution in [3.05, 3.63) is 40.1 Å². The van der Waals surface area contributed by atoms with Gasteiger partial charge < -0.3 is 5.32 Å². The Bertz CT molecular complexity index is 541. The Balaban J connectivity index is 2.41. The second-order valence-corrected chi connectivity index (χ2v) is 4.26. The minimum absolute atomic E-state index is 0.0283. The molecule has 0 saturated carbocycles. The molecule has 0 aliphatic rings. The molecule has 7 heteroatoms. The Morgan fingerprint density at radius 3 is 2.82 bits per heavy atom. The highest BCUT2D eigenvalue weighted by atomic mass is 79.9. The molecule has 0 saturated heterocycles. The van der Waals surface area contributed by atoms with Crippen LogP contribution >= 0.6 is 15.9 Å². The summed E-state index contributed by atoms with van der Waals surface area (Å²) in [5, 5.41) is 10.5. The van der Waals surface area contributed by atoms with Crippen molar-refractivity contribution in [2.24, 2.45) is 0 Å². The number of nitrogens with zero attached hydrogens (tertiary/aromatic N) is 3. The van der Waals surface area contributed by atoms with E-state index >= 15 is 0 Å². The molecule has 90 valence electrons. The molecule has 0 fully saturated rings. The van der Waals surface area contributed by atoms with E-state index in [1.807, 2.05) is 0 Å². The summed E-state index contributed by atoms with van der Waals surface area (Å²) in [6.45, 7) is 0.515. The molecule has 4 nitrogen and oxygen atoms in total. The SMILES string of the molecule is CNCc1cn(-c2cc(F)c(Br)cc2F)nn1. The molecule has 0 aliphatic carbocycles. The number of hydrogen-bond acceptors (Lipinski definition) is 3. The first-order chi connectivity index (χ1) is 8.11. The third-order valence-electron chi connectivity index (χ3n) is 2.14. The highest BCUT2D eigenvalue weighted by Gasteiger charge is 2.11. The minimum atomic E-state index is -0.570. The molecular formula is C10H9BrF2N4. The lowest BCUT2D eigenvalue weighted by Crippen LogP contribution is -2.05. The fraction of sp³-hybridized carbons (Fsp3) is 0.200. The van der Waals surface area contributed by atoms with Crippen molar-refractivity contribution in [2.45, 2.75) is 6.54 Å². The lowest BCUT2D eigenvalue weighted by molar-refractivity contribution is 0.579. The van der Waals surface area contributed by atoms with E-state index in [1.54, 1.807) is 13.2 Å². The number of hydrogen-bond donors (Lipinski definition) is 1. The predicted molar refractivity (Wildman–Crippen MR) is 61.7 cm³/mol. The van der Waals surface area contributed by atoms with Gasteiger partial charge in [-0.3, -0.25) is 0 Å². The van der Waals surface area contributed by atoms with Crippen molar-refractivity contribution in [1.82, 2.24) is 20.3 Å². The second kappa shape index (κ2) is 4.89. The van der Waals surface area contributed by atoms with Crippen LogP contribution in [0.25, 0.3) is 5.69 Å². The summed E-state index contributed by atoms with van der Waals surface area (Å²) in [6.07, 6.45) is 1.54. The molecule has 2 rings (SSSR count). The quantitative estimate of drug-likeness (QED) is 0.882. The smallest absolute Gasteiger partial charge is 0.150 e. The molecule has 17 heavy (non-hydrogen) atoms. The molecule has 1 N–H and O–H groups in total. The van der Waals surface area contributed by atoms with Crippen molar-refractivity contribution in [3.8, 4) is 5.69 Å². The third kappa shape index (κ3) is 2.50. The van der Waals surface area contributed by atoms with E-state index in [-0.39, 0.29) is 10.2 Å². The van der Waals surface area contributed by atoms with Gasteiger partial charge in [0, 0.05) is 12.6 Å². The lowest BCUT2D eigenvalue weighted by atomic mass is 10.3. The maximum Gasteiger partial charge on any atom is 0.150 e. The first-order valence-electron chi connectivity index (χ1n) is 4.82. The first kappa shape index (κ1) is 12.1. The highest BCUT2D eigenvalue weighted by Crippen LogP contribution is 2.22. The Labute approximate surface area is 105 Å². The van der Waals surface area contributed by atoms with Crippen LogP contribution in [0.15, 0.2) is 22.8 Å². The van der Waals surface area contributed by atoms with Crippen LogP contribution in [-0.2, 0) is 6.54 Å². The summed E-state index contributed by atoms with van der Waals surface area (Å²) >= 11 is 2.91. The van der Waals surface area contributed by atoms with Crippen LogP contribution in [0.5, 0.6) is 0 Å². The van der Waals surface area contributed by atoms with Gasteiger partial charge in [0.15, 0.2) is 0 Å². The van der Waals surface area contributed by atoms with Crippen LogP contribution in [0.1, 0.15) is 5.69 Å². The van der Waals surface area contributed by atoms with Crippen molar-refractivity contribution in [3.63, 3.8) is 0 Å². The minimum Gasteiger partial charge on any atom is -0.314 e. The van der Waals surface area contributed by atoms with E-state index in [9.17, 15) is 8.78 Å². The van der Waals surface area contributed by atoms with E-state index in [1.165, 1.54) is 4.68 Å². The van der Waals surface area contributed by atoms with Gasteiger partial charge in [-0.15, -0.1) is 5.10 Å². The van der Waals surface area contributed by atoms with Gasteiger partial charge in [0.2, 0.25) is 0 Å². The Morgan fingerprint density at radius 2 is 2.12 bits per heavy atom. The summed E-state index contributed by atoms with van der Waals surface area (Å²) in [5.41, 5.74) is 0.677. The topological polar surface area (TPSA) is 42.7 Å². The third-order valence-corrected chi connectivity index (χ3v) is 2.74. The maximum atomic E-state index is 13.6. The summed E-state index contributed by atoms with van der Waals surface area (Å²) < 4.78 is 28.2. The monoisotopic (exact) mass is 302 g/mol. The maximum absolute atomic E-state index is 13.6. The van der Waals surface area contributed by atoms with Gasteiger partial charge in [-0.05, 0) is 29.0 Å². The number of aromatic nitrogens is 3. The number of rotatable bonds is 3. The first-order valence-corrected chi connectivity index (χ1v) is 5.62. The zero-order chi connectivity index (χ0) is 12.4. The Hall–Kier alpha value is -1.34. The average Bonchev–Trinajstić information content (AvgIpc) is 2.72. The molecule has 1 aromatic carbocycles. The van der Waals surface area contributed by atoms with Crippen LogP contribution in [0.4, 0.5) is 8.78 Å². The van der Waals surface area contributed by atoms with Crippen LogP contribution < -0.4 is 5.32 Å². The van der Waals surface area contributed by atoms with Crippen LogP contribution in [0, 0.1) is 11.6 Å². The molecule has 0 unspecified atom stereocenters. The van der Waals surface area contributed by atoms with Crippen molar-refractivity contribution < 1.29 is 8.78 Å². The summed E-state index contributed by atoms with van der Waals surface area (Å²) in [5.74, 6) is -1.12. The fourth-order valence-electron chi connectivity index (χ4n) is 1.37. The van der Waals surface area contributed by atoms with Crippen LogP contribution in [0.2, 0.25) is 0 Å². The Kier molecular flexibility index (Phi) is 3.49. The zero-order valence-electron chi connectivity index (χ0n) is 8.91. The standard InChI is InChI=1S/C10H9BrF2N4/c1-14-4-6-5-17(16-15-6)10-3-8(12)7(11)2-9(10)13/h2-3,5,14H,4H2,1H3. The fourth-order valence-corrected chi connectivity index (χ4v) is 1.68. The van der Waals surface area contributed by atoms with Gasteiger partial charge in [0.1, 0.15) is 17.3 Å². The van der Waals surface area contributed by atoms with Gasteiger partial charge in [0.05, 0.1) is 16.4 Å². The van der Waals surface area contributed by atoms with Crippen molar-refractivity contribution in [1.29, 1.82) is 0 Å². The normalized spacial score (nSPS) is 10.8. The van der Waals surface area contributed by atoms with Crippen LogP contribution in [-0.4, -0.2) is 22.0 Å². The molecule has 0 bridgehead atoms. The van der Waals surface area contributed by atoms with Crippen molar-refractivity contribution >= 4 is 15.9 Å². The average molecular weight is 303 g/mol. The van der Waals surface area contributed by atoms with Crippen LogP contribution in [0.3, 0.4) is 0 Å². The highest BCUT2D eigenvalue weighted by molar-refractivity contribution is 9.10. The molecule has 0 atom stereocenters. The molecule has 0 aliphatic heterocycles. The van der Waals surface area contributed by atoms with E-state index in [2.05, 4.69) is 31.6 Å². The van der Waals surface area contributed by atoms with E-state index < -0.39 is 11.6 Å². The summed E-state index contributed by atoms with van der Waals surface area (Å²) in [6, 6.07) is 2.13.